The second-order valence-corrected chi connectivity index (χ2v) is 5.87. The molecule has 0 saturated carbocycles. The van der Waals surface area contributed by atoms with Crippen LogP contribution in [0.5, 0.6) is 0 Å². The lowest BCUT2D eigenvalue weighted by Crippen LogP contribution is -2.07. The minimum atomic E-state index is 0.320. The first-order chi connectivity index (χ1) is 9.43. The Hall–Kier alpha value is -1.43. The highest BCUT2D eigenvalue weighted by Gasteiger charge is 2.17. The fourth-order valence-electron chi connectivity index (χ4n) is 2.07. The standard InChI is InChI=1S/C14H20BrN5/c1-6-16-14-11(15)12(8(2)3)17-13(18-14)10-7-20(5)19-9(10)4/h7-8H,6H2,1-5H3,(H,16,17,18). The van der Waals surface area contributed by atoms with Crippen LogP contribution in [-0.2, 0) is 7.05 Å². The molecule has 2 aromatic heterocycles. The lowest BCUT2D eigenvalue weighted by atomic mass is 10.1. The van der Waals surface area contributed by atoms with Crippen LogP contribution in [0.2, 0.25) is 0 Å². The highest BCUT2D eigenvalue weighted by Crippen LogP contribution is 2.31. The Morgan fingerprint density at radius 1 is 1.35 bits per heavy atom. The van der Waals surface area contributed by atoms with Gasteiger partial charge in [-0.15, -0.1) is 0 Å². The van der Waals surface area contributed by atoms with E-state index >= 15 is 0 Å². The molecule has 2 aromatic rings. The first-order valence-corrected chi connectivity index (χ1v) is 7.55. The number of nitrogens with one attached hydrogen (secondary N) is 1. The van der Waals surface area contributed by atoms with Crippen molar-refractivity contribution in [2.24, 2.45) is 7.05 Å². The Bertz CT molecular complexity index is 618. The van der Waals surface area contributed by atoms with Crippen LogP contribution >= 0.6 is 15.9 Å². The third-order valence-corrected chi connectivity index (χ3v) is 3.80. The molecule has 2 heterocycles. The van der Waals surface area contributed by atoms with Gasteiger partial charge in [-0.25, -0.2) is 9.97 Å². The number of rotatable bonds is 4. The summed E-state index contributed by atoms with van der Waals surface area (Å²) in [6.07, 6.45) is 1.96. The molecule has 5 nitrogen and oxygen atoms in total. The summed E-state index contributed by atoms with van der Waals surface area (Å²) < 4.78 is 2.73. The Morgan fingerprint density at radius 2 is 2.05 bits per heavy atom. The average molecular weight is 338 g/mol. The van der Waals surface area contributed by atoms with Gasteiger partial charge in [-0.1, -0.05) is 13.8 Å². The lowest BCUT2D eigenvalue weighted by molar-refractivity contribution is 0.756. The van der Waals surface area contributed by atoms with Crippen molar-refractivity contribution in [3.05, 3.63) is 22.1 Å². The topological polar surface area (TPSA) is 55.6 Å². The van der Waals surface area contributed by atoms with E-state index in [9.17, 15) is 0 Å². The molecule has 108 valence electrons. The third-order valence-electron chi connectivity index (χ3n) is 3.02. The average Bonchev–Trinajstić information content (AvgIpc) is 2.71. The van der Waals surface area contributed by atoms with Gasteiger partial charge in [0.1, 0.15) is 5.82 Å². The van der Waals surface area contributed by atoms with Crippen LogP contribution in [0.25, 0.3) is 11.4 Å². The van der Waals surface area contributed by atoms with Gasteiger partial charge in [-0.3, -0.25) is 4.68 Å². The Labute approximate surface area is 128 Å². The summed E-state index contributed by atoms with van der Waals surface area (Å²) in [4.78, 5) is 9.33. The molecule has 0 aromatic carbocycles. The Morgan fingerprint density at radius 3 is 2.55 bits per heavy atom. The van der Waals surface area contributed by atoms with E-state index < -0.39 is 0 Å². The summed E-state index contributed by atoms with van der Waals surface area (Å²) in [6, 6.07) is 0. The van der Waals surface area contributed by atoms with Crippen LogP contribution in [0.1, 0.15) is 38.1 Å². The summed E-state index contributed by atoms with van der Waals surface area (Å²) in [5, 5.41) is 7.65. The Balaban J connectivity index is 2.61. The molecular weight excluding hydrogens is 318 g/mol. The maximum absolute atomic E-state index is 4.71. The van der Waals surface area contributed by atoms with Gasteiger partial charge in [0.25, 0.3) is 0 Å². The van der Waals surface area contributed by atoms with Gasteiger partial charge in [0.15, 0.2) is 5.82 Å². The number of anilines is 1. The zero-order valence-electron chi connectivity index (χ0n) is 12.5. The van der Waals surface area contributed by atoms with E-state index in [0.29, 0.717) is 5.92 Å². The van der Waals surface area contributed by atoms with Crippen molar-refractivity contribution in [3.63, 3.8) is 0 Å². The SMILES string of the molecule is CCNc1nc(-c2cn(C)nc2C)nc(C(C)C)c1Br. The molecule has 6 heteroatoms. The predicted octanol–water partition coefficient (Wildman–Crippen LogP) is 3.50. The largest absolute Gasteiger partial charge is 0.369 e. The summed E-state index contributed by atoms with van der Waals surface area (Å²) in [6.45, 7) is 9.10. The van der Waals surface area contributed by atoms with Crippen LogP contribution in [-0.4, -0.2) is 26.3 Å². The van der Waals surface area contributed by atoms with Crippen molar-refractivity contribution >= 4 is 21.7 Å². The molecule has 0 radical (unpaired) electrons. The molecule has 0 amide bonds. The second kappa shape index (κ2) is 5.91. The number of hydrogen-bond donors (Lipinski definition) is 1. The normalized spacial score (nSPS) is 11.2. The van der Waals surface area contributed by atoms with Crippen LogP contribution in [0.4, 0.5) is 5.82 Å². The molecule has 0 aliphatic heterocycles. The first-order valence-electron chi connectivity index (χ1n) is 6.76. The van der Waals surface area contributed by atoms with Gasteiger partial charge in [-0.05, 0) is 35.7 Å². The molecule has 2 rings (SSSR count). The number of aromatic nitrogens is 4. The van der Waals surface area contributed by atoms with Crippen LogP contribution in [0.3, 0.4) is 0 Å². The number of nitrogens with zero attached hydrogens (tertiary/aromatic N) is 4. The molecular formula is C14H20BrN5. The van der Waals surface area contributed by atoms with Gasteiger partial charge in [0.05, 0.1) is 21.4 Å². The van der Waals surface area contributed by atoms with Crippen LogP contribution in [0.15, 0.2) is 10.7 Å². The summed E-state index contributed by atoms with van der Waals surface area (Å²) in [5.74, 6) is 1.88. The van der Waals surface area contributed by atoms with Crippen LogP contribution in [0, 0.1) is 6.92 Å². The zero-order chi connectivity index (χ0) is 14.9. The minimum Gasteiger partial charge on any atom is -0.369 e. The molecule has 0 unspecified atom stereocenters. The molecule has 0 spiro atoms. The molecule has 0 aliphatic carbocycles. The quantitative estimate of drug-likeness (QED) is 0.927. The zero-order valence-corrected chi connectivity index (χ0v) is 14.1. The first kappa shape index (κ1) is 15.0. The van der Waals surface area contributed by atoms with E-state index in [0.717, 1.165) is 39.6 Å². The van der Waals surface area contributed by atoms with Crippen molar-refractivity contribution in [2.45, 2.75) is 33.6 Å². The number of halogens is 1. The maximum atomic E-state index is 4.71. The fraction of sp³-hybridized carbons (Fsp3) is 0.500. The van der Waals surface area contributed by atoms with Crippen molar-refractivity contribution in [1.82, 2.24) is 19.7 Å². The van der Waals surface area contributed by atoms with Gasteiger partial charge < -0.3 is 5.32 Å². The third kappa shape index (κ3) is 2.85. The highest BCUT2D eigenvalue weighted by atomic mass is 79.9. The summed E-state index contributed by atoms with van der Waals surface area (Å²) >= 11 is 3.60. The smallest absolute Gasteiger partial charge is 0.165 e. The monoisotopic (exact) mass is 337 g/mol. The minimum absolute atomic E-state index is 0.320. The maximum Gasteiger partial charge on any atom is 0.165 e. The van der Waals surface area contributed by atoms with Gasteiger partial charge in [-0.2, -0.15) is 5.10 Å². The molecule has 0 aliphatic rings. The van der Waals surface area contributed by atoms with E-state index in [2.05, 4.69) is 52.1 Å². The predicted molar refractivity (Wildman–Crippen MR) is 84.9 cm³/mol. The molecule has 1 N–H and O–H groups in total. The van der Waals surface area contributed by atoms with E-state index in [-0.39, 0.29) is 0 Å². The van der Waals surface area contributed by atoms with Crippen LogP contribution < -0.4 is 5.32 Å². The number of hydrogen-bond acceptors (Lipinski definition) is 4. The number of aryl methyl sites for hydroxylation is 2. The van der Waals surface area contributed by atoms with Gasteiger partial charge in [0, 0.05) is 19.8 Å². The Kier molecular flexibility index (Phi) is 4.42. The van der Waals surface area contributed by atoms with E-state index in [1.54, 1.807) is 4.68 Å². The van der Waals surface area contributed by atoms with E-state index in [4.69, 9.17) is 4.98 Å². The summed E-state index contributed by atoms with van der Waals surface area (Å²) in [7, 11) is 1.91. The van der Waals surface area contributed by atoms with Gasteiger partial charge in [0.2, 0.25) is 0 Å². The van der Waals surface area contributed by atoms with Gasteiger partial charge >= 0.3 is 0 Å². The molecule has 20 heavy (non-hydrogen) atoms. The molecule has 0 fully saturated rings. The molecule has 0 bridgehead atoms. The van der Waals surface area contributed by atoms with E-state index in [1.165, 1.54) is 0 Å². The summed E-state index contributed by atoms with van der Waals surface area (Å²) in [5.41, 5.74) is 2.92. The highest BCUT2D eigenvalue weighted by molar-refractivity contribution is 9.10. The second-order valence-electron chi connectivity index (χ2n) is 5.08. The van der Waals surface area contributed by atoms with Crippen molar-refractivity contribution in [3.8, 4) is 11.4 Å². The molecule has 0 atom stereocenters. The van der Waals surface area contributed by atoms with E-state index in [1.807, 2.05) is 20.2 Å². The van der Waals surface area contributed by atoms with Crippen molar-refractivity contribution in [1.29, 1.82) is 0 Å². The van der Waals surface area contributed by atoms with Crippen molar-refractivity contribution < 1.29 is 0 Å². The lowest BCUT2D eigenvalue weighted by Gasteiger charge is -2.14. The fourth-order valence-corrected chi connectivity index (χ4v) is 2.85. The van der Waals surface area contributed by atoms with Crippen molar-refractivity contribution in [2.75, 3.05) is 11.9 Å². The molecule has 0 saturated heterocycles.